The highest BCUT2D eigenvalue weighted by atomic mass is 19.2. The predicted molar refractivity (Wildman–Crippen MR) is 58.8 cm³/mol. The van der Waals surface area contributed by atoms with E-state index < -0.39 is 17.5 Å². The van der Waals surface area contributed by atoms with E-state index in [0.717, 1.165) is 6.07 Å². The summed E-state index contributed by atoms with van der Waals surface area (Å²) in [6, 6.07) is 5.07. The Morgan fingerprint density at radius 3 is 2.89 bits per heavy atom. The lowest BCUT2D eigenvalue weighted by Crippen LogP contribution is -2.24. The van der Waals surface area contributed by atoms with Crippen molar-refractivity contribution < 1.29 is 18.1 Å². The van der Waals surface area contributed by atoms with E-state index in [2.05, 4.69) is 10.5 Å². The van der Waals surface area contributed by atoms with Gasteiger partial charge in [0.05, 0.1) is 17.8 Å². The van der Waals surface area contributed by atoms with Gasteiger partial charge in [0.25, 0.3) is 5.91 Å². The number of hydrogen-bond acceptors (Lipinski definition) is 3. The van der Waals surface area contributed by atoms with Gasteiger partial charge in [0.2, 0.25) is 0 Å². The predicted octanol–water partition coefficient (Wildman–Crippen LogP) is 2.19. The summed E-state index contributed by atoms with van der Waals surface area (Å²) in [5.74, 6) is -2.49. The van der Waals surface area contributed by atoms with Crippen LogP contribution in [0.25, 0.3) is 0 Å². The van der Waals surface area contributed by atoms with Gasteiger partial charge in [-0.1, -0.05) is 11.2 Å². The first-order valence-electron chi connectivity index (χ1n) is 5.22. The molecule has 0 fully saturated rings. The highest BCUT2D eigenvalue weighted by molar-refractivity contribution is 5.94. The zero-order valence-corrected chi connectivity index (χ0v) is 9.54. The van der Waals surface area contributed by atoms with Crippen LogP contribution in [-0.2, 0) is 6.54 Å². The first kappa shape index (κ1) is 12.2. The van der Waals surface area contributed by atoms with Crippen LogP contribution in [0.1, 0.15) is 21.8 Å². The molecule has 0 spiro atoms. The number of halogens is 2. The smallest absolute Gasteiger partial charge is 0.254 e. The summed E-state index contributed by atoms with van der Waals surface area (Å²) in [5, 5.41) is 6.06. The Balaban J connectivity index is 2.06. The Hall–Kier alpha value is -2.24. The first-order chi connectivity index (χ1) is 8.58. The number of nitrogens with zero attached hydrogens (tertiary/aromatic N) is 1. The van der Waals surface area contributed by atoms with E-state index in [4.69, 9.17) is 4.52 Å². The Labute approximate surface area is 102 Å². The van der Waals surface area contributed by atoms with Crippen molar-refractivity contribution in [2.75, 3.05) is 0 Å². The van der Waals surface area contributed by atoms with Crippen LogP contribution in [-0.4, -0.2) is 11.1 Å². The molecule has 0 unspecified atom stereocenters. The van der Waals surface area contributed by atoms with Gasteiger partial charge in [0.15, 0.2) is 17.4 Å². The van der Waals surface area contributed by atoms with Crippen molar-refractivity contribution in [3.05, 3.63) is 52.9 Å². The maximum atomic E-state index is 13.3. The number of carbonyl (C=O) groups excluding carboxylic acids is 1. The highest BCUT2D eigenvalue weighted by Gasteiger charge is 2.15. The third-order valence-corrected chi connectivity index (χ3v) is 2.30. The molecule has 4 nitrogen and oxygen atoms in total. The lowest BCUT2D eigenvalue weighted by Gasteiger charge is -2.04. The second-order valence-corrected chi connectivity index (χ2v) is 3.72. The quantitative estimate of drug-likeness (QED) is 0.911. The third kappa shape index (κ3) is 2.53. The molecule has 18 heavy (non-hydrogen) atoms. The summed E-state index contributed by atoms with van der Waals surface area (Å²) >= 11 is 0. The molecule has 0 bridgehead atoms. The van der Waals surface area contributed by atoms with Gasteiger partial charge in [-0.15, -0.1) is 0 Å². The Morgan fingerprint density at radius 2 is 2.22 bits per heavy atom. The van der Waals surface area contributed by atoms with Gasteiger partial charge < -0.3 is 9.84 Å². The van der Waals surface area contributed by atoms with Gasteiger partial charge in [-0.3, -0.25) is 4.79 Å². The summed E-state index contributed by atoms with van der Waals surface area (Å²) in [5.41, 5.74) is 0.336. The number of nitrogens with one attached hydrogen (secondary N) is 1. The fourth-order valence-corrected chi connectivity index (χ4v) is 1.44. The molecule has 0 atom stereocenters. The molecule has 1 amide bonds. The second kappa shape index (κ2) is 4.95. The van der Waals surface area contributed by atoms with Crippen LogP contribution < -0.4 is 5.32 Å². The van der Waals surface area contributed by atoms with E-state index in [0.29, 0.717) is 11.5 Å². The van der Waals surface area contributed by atoms with E-state index in [9.17, 15) is 13.6 Å². The average Bonchev–Trinajstić information content (AvgIpc) is 2.76. The van der Waals surface area contributed by atoms with Crippen LogP contribution in [0.3, 0.4) is 0 Å². The molecule has 6 heteroatoms. The molecule has 0 aliphatic carbocycles. The van der Waals surface area contributed by atoms with Gasteiger partial charge in [-0.2, -0.15) is 0 Å². The lowest BCUT2D eigenvalue weighted by atomic mass is 10.2. The molecular formula is C12H10F2N2O2. The maximum absolute atomic E-state index is 13.3. The van der Waals surface area contributed by atoms with Crippen molar-refractivity contribution in [3.63, 3.8) is 0 Å². The van der Waals surface area contributed by atoms with Crippen LogP contribution >= 0.6 is 0 Å². The van der Waals surface area contributed by atoms with Crippen LogP contribution in [0.4, 0.5) is 8.78 Å². The molecule has 0 aliphatic heterocycles. The molecular weight excluding hydrogens is 242 g/mol. The van der Waals surface area contributed by atoms with Crippen molar-refractivity contribution in [3.8, 4) is 0 Å². The average molecular weight is 252 g/mol. The molecule has 1 aromatic carbocycles. The van der Waals surface area contributed by atoms with Gasteiger partial charge in [-0.25, -0.2) is 8.78 Å². The number of benzene rings is 1. The SMILES string of the molecule is Cc1cc(CNC(=O)c2cccc(F)c2F)on1. The zero-order valence-electron chi connectivity index (χ0n) is 9.54. The fraction of sp³-hybridized carbons (Fsp3) is 0.167. The molecule has 0 radical (unpaired) electrons. The normalized spacial score (nSPS) is 10.4. The van der Waals surface area contributed by atoms with Crippen molar-refractivity contribution in [1.29, 1.82) is 0 Å². The number of rotatable bonds is 3. The van der Waals surface area contributed by atoms with E-state index >= 15 is 0 Å². The molecule has 1 N–H and O–H groups in total. The van der Waals surface area contributed by atoms with E-state index in [-0.39, 0.29) is 12.1 Å². The number of aryl methyl sites for hydroxylation is 1. The minimum atomic E-state index is -1.16. The monoisotopic (exact) mass is 252 g/mol. The molecule has 0 saturated heterocycles. The summed E-state index contributed by atoms with van der Waals surface area (Å²) in [4.78, 5) is 11.6. The Morgan fingerprint density at radius 1 is 1.44 bits per heavy atom. The standard InChI is InChI=1S/C12H10F2N2O2/c1-7-5-8(18-16-7)6-15-12(17)9-3-2-4-10(13)11(9)14/h2-5H,6H2,1H3,(H,15,17). The summed E-state index contributed by atoms with van der Waals surface area (Å²) in [6.07, 6.45) is 0. The summed E-state index contributed by atoms with van der Waals surface area (Å²) in [7, 11) is 0. The van der Waals surface area contributed by atoms with Gasteiger partial charge in [0, 0.05) is 6.07 Å². The molecule has 94 valence electrons. The minimum Gasteiger partial charge on any atom is -0.359 e. The summed E-state index contributed by atoms with van der Waals surface area (Å²) in [6.45, 7) is 1.80. The number of carbonyl (C=O) groups is 1. The van der Waals surface area contributed by atoms with E-state index in [1.165, 1.54) is 12.1 Å². The largest absolute Gasteiger partial charge is 0.359 e. The zero-order chi connectivity index (χ0) is 13.1. The second-order valence-electron chi connectivity index (χ2n) is 3.72. The van der Waals surface area contributed by atoms with Crippen LogP contribution in [0.15, 0.2) is 28.8 Å². The van der Waals surface area contributed by atoms with Gasteiger partial charge >= 0.3 is 0 Å². The molecule has 0 saturated carbocycles. The molecule has 1 aromatic heterocycles. The topological polar surface area (TPSA) is 55.1 Å². The van der Waals surface area contributed by atoms with E-state index in [1.54, 1.807) is 13.0 Å². The van der Waals surface area contributed by atoms with Crippen molar-refractivity contribution in [2.24, 2.45) is 0 Å². The van der Waals surface area contributed by atoms with Crippen LogP contribution in [0.2, 0.25) is 0 Å². The van der Waals surface area contributed by atoms with Crippen molar-refractivity contribution in [1.82, 2.24) is 10.5 Å². The molecule has 0 aliphatic rings. The van der Waals surface area contributed by atoms with Crippen LogP contribution in [0.5, 0.6) is 0 Å². The summed E-state index contributed by atoms with van der Waals surface area (Å²) < 4.78 is 31.1. The first-order valence-corrected chi connectivity index (χ1v) is 5.22. The van der Waals surface area contributed by atoms with Gasteiger partial charge in [0.1, 0.15) is 0 Å². The maximum Gasteiger partial charge on any atom is 0.254 e. The Bertz CT molecular complexity index is 581. The third-order valence-electron chi connectivity index (χ3n) is 2.30. The van der Waals surface area contributed by atoms with Crippen molar-refractivity contribution in [2.45, 2.75) is 13.5 Å². The van der Waals surface area contributed by atoms with Gasteiger partial charge in [-0.05, 0) is 19.1 Å². The number of hydrogen-bond donors (Lipinski definition) is 1. The van der Waals surface area contributed by atoms with Crippen LogP contribution in [0, 0.1) is 18.6 Å². The molecule has 2 rings (SSSR count). The minimum absolute atomic E-state index is 0.0651. The molecule has 1 heterocycles. The fourth-order valence-electron chi connectivity index (χ4n) is 1.44. The highest BCUT2D eigenvalue weighted by Crippen LogP contribution is 2.11. The number of amides is 1. The van der Waals surface area contributed by atoms with E-state index in [1.807, 2.05) is 0 Å². The molecule has 2 aromatic rings. The Kier molecular flexibility index (Phi) is 3.36. The number of aromatic nitrogens is 1. The lowest BCUT2D eigenvalue weighted by molar-refractivity contribution is 0.0942. The van der Waals surface area contributed by atoms with Crippen molar-refractivity contribution >= 4 is 5.91 Å².